The van der Waals surface area contributed by atoms with Crippen LogP contribution < -0.4 is 16.4 Å². The van der Waals surface area contributed by atoms with Crippen molar-refractivity contribution < 1.29 is 0 Å². The molecule has 0 aliphatic heterocycles. The Morgan fingerprint density at radius 2 is 1.19 bits per heavy atom. The number of halogens is 3. The zero-order valence-electron chi connectivity index (χ0n) is 14.7. The highest BCUT2D eigenvalue weighted by Crippen LogP contribution is 2.14. The lowest BCUT2D eigenvalue weighted by Gasteiger charge is -2.20. The van der Waals surface area contributed by atoms with Gasteiger partial charge in [-0.3, -0.25) is 0 Å². The Morgan fingerprint density at radius 3 is 1.69 bits per heavy atom. The van der Waals surface area contributed by atoms with E-state index in [-0.39, 0.29) is 6.71 Å². The van der Waals surface area contributed by atoms with E-state index in [1.54, 1.807) is 0 Å². The van der Waals surface area contributed by atoms with Gasteiger partial charge in [0.15, 0.2) is 0 Å². The van der Waals surface area contributed by atoms with Crippen LogP contribution in [-0.2, 0) is 6.42 Å². The second-order valence-corrected chi connectivity index (χ2v) is 7.79. The normalized spacial score (nSPS) is 10.8. The van der Waals surface area contributed by atoms with Crippen molar-refractivity contribution >= 4 is 57.9 Å². The molecular formula is C22H20BCl3. The van der Waals surface area contributed by atoms with E-state index < -0.39 is 0 Å². The lowest BCUT2D eigenvalue weighted by Crippen LogP contribution is -2.53. The Hall–Kier alpha value is -1.41. The van der Waals surface area contributed by atoms with E-state index in [2.05, 4.69) is 43.3 Å². The first-order valence-electron chi connectivity index (χ1n) is 8.87. The summed E-state index contributed by atoms with van der Waals surface area (Å²) < 4.78 is 0. The molecule has 0 saturated heterocycles. The number of hydrogen-bond acceptors (Lipinski definition) is 0. The van der Waals surface area contributed by atoms with Gasteiger partial charge in [0.1, 0.15) is 0 Å². The molecule has 0 radical (unpaired) electrons. The largest absolute Gasteiger partial charge is 0.241 e. The highest BCUT2D eigenvalue weighted by Gasteiger charge is 2.24. The van der Waals surface area contributed by atoms with Gasteiger partial charge in [0, 0.05) is 15.1 Å². The third-order valence-corrected chi connectivity index (χ3v) is 5.36. The van der Waals surface area contributed by atoms with Crippen LogP contribution in [0.4, 0.5) is 0 Å². The molecule has 0 aliphatic rings. The van der Waals surface area contributed by atoms with Crippen LogP contribution in [0.2, 0.25) is 15.1 Å². The molecule has 0 unspecified atom stereocenters. The summed E-state index contributed by atoms with van der Waals surface area (Å²) in [5.74, 6) is 0. The van der Waals surface area contributed by atoms with E-state index in [0.29, 0.717) is 0 Å². The second kappa shape index (κ2) is 8.99. The highest BCUT2D eigenvalue weighted by atomic mass is 35.5. The van der Waals surface area contributed by atoms with Crippen molar-refractivity contribution in [1.82, 2.24) is 0 Å². The van der Waals surface area contributed by atoms with Crippen LogP contribution in [0.25, 0.3) is 0 Å². The van der Waals surface area contributed by atoms with Crippen molar-refractivity contribution in [3.63, 3.8) is 0 Å². The van der Waals surface area contributed by atoms with Gasteiger partial charge < -0.3 is 0 Å². The van der Waals surface area contributed by atoms with Gasteiger partial charge in [-0.05, 0) is 49.2 Å². The maximum atomic E-state index is 6.30. The zero-order chi connectivity index (χ0) is 18.5. The van der Waals surface area contributed by atoms with Crippen LogP contribution in [-0.4, -0.2) is 6.71 Å². The molecule has 0 amide bonds. The van der Waals surface area contributed by atoms with Crippen molar-refractivity contribution in [2.45, 2.75) is 26.2 Å². The molecule has 0 atom stereocenters. The first-order valence-corrected chi connectivity index (χ1v) is 10.0. The Morgan fingerprint density at radius 1 is 0.692 bits per heavy atom. The third-order valence-electron chi connectivity index (χ3n) is 4.62. The number of hydrogen-bond donors (Lipinski definition) is 0. The van der Waals surface area contributed by atoms with E-state index in [1.165, 1.54) is 22.0 Å². The zero-order valence-corrected chi connectivity index (χ0v) is 17.0. The van der Waals surface area contributed by atoms with Crippen molar-refractivity contribution in [1.29, 1.82) is 0 Å². The van der Waals surface area contributed by atoms with Crippen molar-refractivity contribution in [3.05, 3.63) is 87.4 Å². The topological polar surface area (TPSA) is 0 Å². The van der Waals surface area contributed by atoms with Crippen LogP contribution in [0.15, 0.2) is 66.7 Å². The smallest absolute Gasteiger partial charge is 0.0843 e. The summed E-state index contributed by atoms with van der Waals surface area (Å²) in [6.45, 7) is 2.33. The van der Waals surface area contributed by atoms with E-state index in [9.17, 15) is 0 Å². The first kappa shape index (κ1) is 19.4. The second-order valence-electron chi connectivity index (χ2n) is 6.48. The van der Waals surface area contributed by atoms with E-state index in [4.69, 9.17) is 34.8 Å². The van der Waals surface area contributed by atoms with Gasteiger partial charge in [-0.1, -0.05) is 100 Å². The van der Waals surface area contributed by atoms with Gasteiger partial charge in [-0.15, -0.1) is 0 Å². The maximum absolute atomic E-state index is 6.30. The summed E-state index contributed by atoms with van der Waals surface area (Å²) in [4.78, 5) is 0. The molecule has 0 bridgehead atoms. The van der Waals surface area contributed by atoms with Crippen LogP contribution in [0, 0.1) is 0 Å². The molecule has 0 heterocycles. The summed E-state index contributed by atoms with van der Waals surface area (Å²) in [5, 5.41) is 2.27. The first-order chi connectivity index (χ1) is 12.6. The quantitative estimate of drug-likeness (QED) is 0.478. The van der Waals surface area contributed by atoms with Gasteiger partial charge in [-0.25, -0.2) is 0 Å². The van der Waals surface area contributed by atoms with Crippen LogP contribution >= 0.6 is 34.8 Å². The summed E-state index contributed by atoms with van der Waals surface area (Å²) in [7, 11) is 0. The molecule has 0 spiro atoms. The highest BCUT2D eigenvalue weighted by molar-refractivity contribution is 6.95. The molecule has 26 heavy (non-hydrogen) atoms. The van der Waals surface area contributed by atoms with Gasteiger partial charge in [0.2, 0.25) is 6.71 Å². The SMILES string of the molecule is CCCCc1cc(Cl)ccc1B(c1ccc(Cl)cc1)c1ccc(Cl)cc1. The molecule has 132 valence electrons. The molecule has 0 aromatic heterocycles. The van der Waals surface area contributed by atoms with Crippen molar-refractivity contribution in [2.24, 2.45) is 0 Å². The fourth-order valence-corrected chi connectivity index (χ4v) is 3.75. The van der Waals surface area contributed by atoms with Crippen molar-refractivity contribution in [3.8, 4) is 0 Å². The van der Waals surface area contributed by atoms with Crippen LogP contribution in [0.5, 0.6) is 0 Å². The van der Waals surface area contributed by atoms with E-state index in [0.717, 1.165) is 34.3 Å². The minimum Gasteiger partial charge on any atom is -0.0843 e. The fourth-order valence-electron chi connectivity index (χ4n) is 3.30. The van der Waals surface area contributed by atoms with Gasteiger partial charge in [0.05, 0.1) is 0 Å². The fraction of sp³-hybridized carbons (Fsp3) is 0.182. The summed E-state index contributed by atoms with van der Waals surface area (Å²) in [6, 6.07) is 22.4. The summed E-state index contributed by atoms with van der Waals surface area (Å²) in [5.41, 5.74) is 5.00. The standard InChI is InChI=1S/C22H20BCl3/c1-2-3-4-16-15-21(26)13-14-22(16)23(17-5-9-19(24)10-6-17)18-7-11-20(25)12-8-18/h5-15H,2-4H2,1H3. The Kier molecular flexibility index (Phi) is 6.70. The molecule has 0 aliphatic carbocycles. The van der Waals surface area contributed by atoms with E-state index >= 15 is 0 Å². The number of unbranched alkanes of at least 4 members (excludes halogenated alkanes) is 1. The molecule has 3 aromatic rings. The molecule has 0 nitrogen and oxygen atoms in total. The molecule has 3 rings (SSSR count). The Labute approximate surface area is 171 Å². The average molecular weight is 402 g/mol. The minimum atomic E-state index is 0.119. The average Bonchev–Trinajstić information content (AvgIpc) is 2.64. The molecule has 3 aromatic carbocycles. The number of rotatable bonds is 6. The summed E-state index contributed by atoms with van der Waals surface area (Å²) >= 11 is 18.5. The van der Waals surface area contributed by atoms with Gasteiger partial charge in [0.25, 0.3) is 0 Å². The number of aryl methyl sites for hydroxylation is 1. The lowest BCUT2D eigenvalue weighted by atomic mass is 9.36. The molecule has 4 heteroatoms. The predicted octanol–water partition coefficient (Wildman–Crippen LogP) is 5.51. The summed E-state index contributed by atoms with van der Waals surface area (Å²) in [6.07, 6.45) is 3.31. The lowest BCUT2D eigenvalue weighted by molar-refractivity contribution is 0.798. The molecular weight excluding hydrogens is 381 g/mol. The molecule has 0 saturated carbocycles. The van der Waals surface area contributed by atoms with Crippen molar-refractivity contribution in [2.75, 3.05) is 0 Å². The van der Waals surface area contributed by atoms with Crippen LogP contribution in [0.3, 0.4) is 0 Å². The Bertz CT molecular complexity index is 812. The Balaban J connectivity index is 2.14. The predicted molar refractivity (Wildman–Crippen MR) is 118 cm³/mol. The number of benzene rings is 3. The van der Waals surface area contributed by atoms with E-state index in [1.807, 2.05) is 30.3 Å². The minimum absolute atomic E-state index is 0.119. The molecule has 0 N–H and O–H groups in total. The van der Waals surface area contributed by atoms with Gasteiger partial charge >= 0.3 is 0 Å². The van der Waals surface area contributed by atoms with Crippen LogP contribution in [0.1, 0.15) is 25.3 Å². The maximum Gasteiger partial charge on any atom is 0.241 e. The molecule has 0 fully saturated rings. The van der Waals surface area contributed by atoms with Gasteiger partial charge in [-0.2, -0.15) is 0 Å². The monoisotopic (exact) mass is 400 g/mol. The third kappa shape index (κ3) is 4.65.